The Morgan fingerprint density at radius 1 is 1.56 bits per heavy atom. The average Bonchev–Trinajstić information content (AvgIpc) is 2.75. The predicted molar refractivity (Wildman–Crippen MR) is 63.3 cm³/mol. The molecule has 1 fully saturated rings. The van der Waals surface area contributed by atoms with Crippen LogP contribution in [0, 0.1) is 24.2 Å². The van der Waals surface area contributed by atoms with Crippen LogP contribution in [0.15, 0.2) is 11.4 Å². The van der Waals surface area contributed by atoms with Crippen LogP contribution in [-0.2, 0) is 0 Å². The summed E-state index contributed by atoms with van der Waals surface area (Å²) in [4.78, 5) is 15.1. The van der Waals surface area contributed by atoms with Crippen LogP contribution >= 0.6 is 11.3 Å². The van der Waals surface area contributed by atoms with E-state index in [1.807, 2.05) is 23.3 Å². The maximum absolute atomic E-state index is 12.1. The summed E-state index contributed by atoms with van der Waals surface area (Å²) in [5, 5.41) is 10.7. The number of carbonyl (C=O) groups is 1. The van der Waals surface area contributed by atoms with Gasteiger partial charge in [-0.2, -0.15) is 5.26 Å². The topological polar surface area (TPSA) is 44.1 Å². The third kappa shape index (κ3) is 2.25. The van der Waals surface area contributed by atoms with Crippen molar-refractivity contribution in [3.8, 4) is 6.07 Å². The summed E-state index contributed by atoms with van der Waals surface area (Å²) < 4.78 is 0. The van der Waals surface area contributed by atoms with Crippen LogP contribution in [0.3, 0.4) is 0 Å². The third-order valence-corrected chi connectivity index (χ3v) is 3.80. The van der Waals surface area contributed by atoms with Gasteiger partial charge in [-0.1, -0.05) is 0 Å². The number of aryl methyl sites for hydroxylation is 1. The van der Waals surface area contributed by atoms with Gasteiger partial charge in [0.1, 0.15) is 0 Å². The van der Waals surface area contributed by atoms with Crippen molar-refractivity contribution in [2.45, 2.75) is 19.8 Å². The highest BCUT2D eigenvalue weighted by Gasteiger charge is 2.23. The van der Waals surface area contributed by atoms with E-state index in [1.54, 1.807) is 11.3 Å². The fourth-order valence-electron chi connectivity index (χ4n) is 1.95. The molecule has 0 aromatic carbocycles. The monoisotopic (exact) mass is 234 g/mol. The Balaban J connectivity index is 2.00. The van der Waals surface area contributed by atoms with Crippen LogP contribution in [0.25, 0.3) is 0 Å². The number of amides is 1. The Hall–Kier alpha value is -1.34. The summed E-state index contributed by atoms with van der Waals surface area (Å²) in [6.07, 6.45) is 1.62. The van der Waals surface area contributed by atoms with Crippen LogP contribution in [-0.4, -0.2) is 23.9 Å². The van der Waals surface area contributed by atoms with Crippen molar-refractivity contribution in [2.75, 3.05) is 13.1 Å². The molecule has 0 radical (unpaired) electrons. The maximum atomic E-state index is 12.1. The summed E-state index contributed by atoms with van der Waals surface area (Å²) in [6, 6.07) is 4.21. The van der Waals surface area contributed by atoms with Gasteiger partial charge in [0.05, 0.1) is 11.6 Å². The predicted octanol–water partition coefficient (Wildman–Crippen LogP) is 2.43. The highest BCUT2D eigenvalue weighted by molar-refractivity contribution is 7.10. The molecule has 84 valence electrons. The summed E-state index contributed by atoms with van der Waals surface area (Å²) in [5.41, 5.74) is 0.790. The van der Waals surface area contributed by atoms with E-state index in [9.17, 15) is 4.79 Å². The van der Waals surface area contributed by atoms with E-state index >= 15 is 0 Å². The van der Waals surface area contributed by atoms with Gasteiger partial charge in [-0.25, -0.2) is 0 Å². The molecule has 0 saturated carbocycles. The Morgan fingerprint density at radius 2 is 2.25 bits per heavy atom. The van der Waals surface area contributed by atoms with Crippen molar-refractivity contribution < 1.29 is 4.79 Å². The Kier molecular flexibility index (Phi) is 3.25. The van der Waals surface area contributed by atoms with Gasteiger partial charge in [0.2, 0.25) is 0 Å². The second-order valence-electron chi connectivity index (χ2n) is 4.14. The van der Waals surface area contributed by atoms with Crippen LogP contribution < -0.4 is 0 Å². The van der Waals surface area contributed by atoms with Crippen LogP contribution in [0.1, 0.15) is 28.1 Å². The molecule has 2 heterocycles. The molecule has 1 aliphatic heterocycles. The molecule has 0 atom stereocenters. The lowest BCUT2D eigenvalue weighted by Gasteiger charge is -2.28. The first-order chi connectivity index (χ1) is 7.70. The Bertz CT molecular complexity index is 424. The number of likely N-dealkylation sites (tertiary alicyclic amines) is 1. The van der Waals surface area contributed by atoms with Gasteiger partial charge < -0.3 is 4.90 Å². The van der Waals surface area contributed by atoms with Crippen molar-refractivity contribution >= 4 is 17.2 Å². The maximum Gasteiger partial charge on any atom is 0.254 e. The SMILES string of the molecule is Cc1cc(C(=O)N2CCC(C#N)CC2)cs1. The second-order valence-corrected chi connectivity index (χ2v) is 5.26. The van der Waals surface area contributed by atoms with Gasteiger partial charge in [-0.15, -0.1) is 11.3 Å². The van der Waals surface area contributed by atoms with Crippen LogP contribution in [0.2, 0.25) is 0 Å². The number of hydrogen-bond donors (Lipinski definition) is 0. The van der Waals surface area contributed by atoms with E-state index in [0.29, 0.717) is 13.1 Å². The minimum Gasteiger partial charge on any atom is -0.339 e. The number of thiophene rings is 1. The first kappa shape index (κ1) is 11.2. The smallest absolute Gasteiger partial charge is 0.254 e. The van der Waals surface area contributed by atoms with Crippen LogP contribution in [0.5, 0.6) is 0 Å². The van der Waals surface area contributed by atoms with Gasteiger partial charge >= 0.3 is 0 Å². The number of hydrogen-bond acceptors (Lipinski definition) is 3. The van der Waals surface area contributed by atoms with Crippen molar-refractivity contribution in [1.29, 1.82) is 5.26 Å². The summed E-state index contributed by atoms with van der Waals surface area (Å²) >= 11 is 1.60. The number of carbonyl (C=O) groups excluding carboxylic acids is 1. The van der Waals surface area contributed by atoms with Crippen LogP contribution in [0.4, 0.5) is 0 Å². The molecule has 1 saturated heterocycles. The molecule has 0 bridgehead atoms. The standard InChI is InChI=1S/C12H14N2OS/c1-9-6-11(8-16-9)12(15)14-4-2-10(7-13)3-5-14/h6,8,10H,2-5H2,1H3. The molecule has 0 aliphatic carbocycles. The molecular weight excluding hydrogens is 220 g/mol. The van der Waals surface area contributed by atoms with Gasteiger partial charge in [0.25, 0.3) is 5.91 Å². The number of rotatable bonds is 1. The number of nitriles is 1. The normalized spacial score (nSPS) is 17.1. The van der Waals surface area contributed by atoms with Crippen molar-refractivity contribution in [3.05, 3.63) is 21.9 Å². The third-order valence-electron chi connectivity index (χ3n) is 2.94. The molecule has 0 N–H and O–H groups in total. The van der Waals surface area contributed by atoms with Crippen molar-refractivity contribution in [2.24, 2.45) is 5.92 Å². The van der Waals surface area contributed by atoms with E-state index in [2.05, 4.69) is 6.07 Å². The average molecular weight is 234 g/mol. The summed E-state index contributed by atoms with van der Waals surface area (Å²) in [7, 11) is 0. The highest BCUT2D eigenvalue weighted by atomic mass is 32.1. The first-order valence-electron chi connectivity index (χ1n) is 5.44. The van der Waals surface area contributed by atoms with Crippen molar-refractivity contribution in [1.82, 2.24) is 4.90 Å². The Morgan fingerprint density at radius 3 is 2.75 bits per heavy atom. The molecular formula is C12H14N2OS. The molecule has 1 aromatic rings. The number of piperidine rings is 1. The number of nitrogens with zero attached hydrogens (tertiary/aromatic N) is 2. The minimum atomic E-state index is 0.112. The lowest BCUT2D eigenvalue weighted by atomic mass is 9.98. The largest absolute Gasteiger partial charge is 0.339 e. The van der Waals surface area contributed by atoms with E-state index in [1.165, 1.54) is 0 Å². The van der Waals surface area contributed by atoms with E-state index < -0.39 is 0 Å². The first-order valence-corrected chi connectivity index (χ1v) is 6.32. The molecule has 16 heavy (non-hydrogen) atoms. The van der Waals surface area contributed by atoms with E-state index in [4.69, 9.17) is 5.26 Å². The van der Waals surface area contributed by atoms with E-state index in [0.717, 1.165) is 23.3 Å². The van der Waals surface area contributed by atoms with Gasteiger partial charge in [-0.3, -0.25) is 4.79 Å². The fraction of sp³-hybridized carbons (Fsp3) is 0.500. The van der Waals surface area contributed by atoms with Gasteiger partial charge in [0, 0.05) is 29.3 Å². The molecule has 2 rings (SSSR count). The van der Waals surface area contributed by atoms with Crippen molar-refractivity contribution in [3.63, 3.8) is 0 Å². The Labute approximate surface area is 99.3 Å². The van der Waals surface area contributed by atoms with Gasteiger partial charge in [-0.05, 0) is 25.8 Å². The molecule has 1 aliphatic rings. The lowest BCUT2D eigenvalue weighted by molar-refractivity contribution is 0.0708. The zero-order valence-corrected chi connectivity index (χ0v) is 10.1. The second kappa shape index (κ2) is 4.67. The zero-order chi connectivity index (χ0) is 11.5. The fourth-order valence-corrected chi connectivity index (χ4v) is 2.63. The molecule has 1 aromatic heterocycles. The molecule has 4 heteroatoms. The lowest BCUT2D eigenvalue weighted by Crippen LogP contribution is -2.38. The summed E-state index contributed by atoms with van der Waals surface area (Å²) in [5.74, 6) is 0.244. The highest BCUT2D eigenvalue weighted by Crippen LogP contribution is 2.20. The quantitative estimate of drug-likeness (QED) is 0.749. The minimum absolute atomic E-state index is 0.112. The molecule has 1 amide bonds. The molecule has 3 nitrogen and oxygen atoms in total. The van der Waals surface area contributed by atoms with Gasteiger partial charge in [0.15, 0.2) is 0 Å². The zero-order valence-electron chi connectivity index (χ0n) is 9.27. The molecule has 0 spiro atoms. The summed E-state index contributed by atoms with van der Waals surface area (Å²) in [6.45, 7) is 3.43. The molecule has 0 unspecified atom stereocenters. The van der Waals surface area contributed by atoms with E-state index in [-0.39, 0.29) is 11.8 Å².